The van der Waals surface area contributed by atoms with Crippen LogP contribution >= 0.6 is 0 Å². The van der Waals surface area contributed by atoms with E-state index in [1.54, 1.807) is 14.2 Å². The first-order valence-corrected chi connectivity index (χ1v) is 5.75. The third-order valence-corrected chi connectivity index (χ3v) is 4.25. The molecule has 0 amide bonds. The maximum Gasteiger partial charge on any atom is 0.122 e. The van der Waals surface area contributed by atoms with Crippen molar-refractivity contribution in [1.29, 1.82) is 0 Å². The van der Waals surface area contributed by atoms with E-state index >= 15 is 0 Å². The van der Waals surface area contributed by atoms with E-state index in [4.69, 9.17) is 14.2 Å². The maximum atomic E-state index is 5.71. The van der Waals surface area contributed by atoms with Crippen LogP contribution in [0.3, 0.4) is 0 Å². The Morgan fingerprint density at radius 1 is 1.00 bits per heavy atom. The summed E-state index contributed by atoms with van der Waals surface area (Å²) in [5, 5.41) is 0. The van der Waals surface area contributed by atoms with Crippen LogP contribution < -0.4 is 9.47 Å². The normalized spacial score (nSPS) is 36.9. The van der Waals surface area contributed by atoms with Crippen molar-refractivity contribution in [2.45, 2.75) is 30.5 Å². The molecule has 1 heterocycles. The number of hydrogen-bond acceptors (Lipinski definition) is 3. The van der Waals surface area contributed by atoms with Crippen molar-refractivity contribution in [1.82, 2.24) is 0 Å². The molecule has 1 saturated heterocycles. The van der Waals surface area contributed by atoms with Gasteiger partial charge in [0.05, 0.1) is 26.4 Å². The van der Waals surface area contributed by atoms with Crippen molar-refractivity contribution in [2.24, 2.45) is 0 Å². The summed E-state index contributed by atoms with van der Waals surface area (Å²) in [6.07, 6.45) is 2.12. The Hall–Kier alpha value is -1.22. The minimum absolute atomic E-state index is 0.457. The monoisotopic (exact) mass is 218 g/mol. The van der Waals surface area contributed by atoms with Crippen molar-refractivity contribution < 1.29 is 14.2 Å². The molecule has 0 aromatic heterocycles. The van der Waals surface area contributed by atoms with Gasteiger partial charge < -0.3 is 14.2 Å². The molecule has 3 heteroatoms. The van der Waals surface area contributed by atoms with E-state index in [2.05, 4.69) is 0 Å². The standard InChI is InChI=1S/C13H14O3/c1-14-8-3-4-9(15-2)11-7-5-6(10(8)11)12-13(7)16-12/h3-4,6-7,12-13H,5H2,1-2H3/t6-,7-,12+,13+/m0/s1. The van der Waals surface area contributed by atoms with Crippen LogP contribution in [-0.2, 0) is 4.74 Å². The SMILES string of the molecule is COc1ccc(OC)c2c1[C@@H]1C[C@@H]2[C@H]2O[C@@H]21. The van der Waals surface area contributed by atoms with Crippen LogP contribution in [0.2, 0.25) is 0 Å². The summed E-state index contributed by atoms with van der Waals surface area (Å²) in [6.45, 7) is 0. The number of benzene rings is 1. The highest BCUT2D eigenvalue weighted by atomic mass is 16.6. The van der Waals surface area contributed by atoms with Gasteiger partial charge in [0, 0.05) is 23.0 Å². The zero-order valence-electron chi connectivity index (χ0n) is 9.40. The molecule has 1 aromatic rings. The first-order valence-electron chi connectivity index (χ1n) is 5.75. The average Bonchev–Trinajstić information content (AvgIpc) is 2.94. The summed E-state index contributed by atoms with van der Waals surface area (Å²) >= 11 is 0. The average molecular weight is 218 g/mol. The highest BCUT2D eigenvalue weighted by Crippen LogP contribution is 2.66. The van der Waals surface area contributed by atoms with Gasteiger partial charge in [0.25, 0.3) is 0 Å². The Kier molecular flexibility index (Phi) is 1.51. The van der Waals surface area contributed by atoms with Crippen LogP contribution in [0.15, 0.2) is 12.1 Å². The van der Waals surface area contributed by atoms with E-state index in [1.165, 1.54) is 17.5 Å². The summed E-state index contributed by atoms with van der Waals surface area (Å²) in [7, 11) is 3.47. The lowest BCUT2D eigenvalue weighted by atomic mass is 9.90. The van der Waals surface area contributed by atoms with Gasteiger partial charge in [-0.2, -0.15) is 0 Å². The molecule has 3 aliphatic rings. The van der Waals surface area contributed by atoms with Gasteiger partial charge in [-0.25, -0.2) is 0 Å². The van der Waals surface area contributed by atoms with Gasteiger partial charge in [-0.05, 0) is 18.6 Å². The van der Waals surface area contributed by atoms with Gasteiger partial charge in [-0.3, -0.25) is 0 Å². The van der Waals surface area contributed by atoms with E-state index in [0.717, 1.165) is 11.5 Å². The minimum Gasteiger partial charge on any atom is -0.496 e. The first-order chi connectivity index (χ1) is 7.85. The minimum atomic E-state index is 0.457. The van der Waals surface area contributed by atoms with Gasteiger partial charge in [-0.15, -0.1) is 0 Å². The van der Waals surface area contributed by atoms with Gasteiger partial charge in [0.15, 0.2) is 0 Å². The molecule has 84 valence electrons. The lowest BCUT2D eigenvalue weighted by Crippen LogP contribution is -2.10. The van der Waals surface area contributed by atoms with Crippen molar-refractivity contribution in [3.63, 3.8) is 0 Å². The van der Waals surface area contributed by atoms with E-state index in [0.29, 0.717) is 24.0 Å². The number of epoxide rings is 1. The Labute approximate surface area is 94.3 Å². The predicted molar refractivity (Wildman–Crippen MR) is 58.3 cm³/mol. The molecule has 1 aromatic carbocycles. The molecule has 0 radical (unpaired) electrons. The maximum absolute atomic E-state index is 5.71. The van der Waals surface area contributed by atoms with Crippen molar-refractivity contribution in [2.75, 3.05) is 14.2 Å². The summed E-state index contributed by atoms with van der Waals surface area (Å²) < 4.78 is 16.6. The van der Waals surface area contributed by atoms with Crippen LogP contribution in [0.25, 0.3) is 0 Å². The molecule has 4 rings (SSSR count). The summed E-state index contributed by atoms with van der Waals surface area (Å²) in [5.41, 5.74) is 2.68. The molecular formula is C13H14O3. The summed E-state index contributed by atoms with van der Waals surface area (Å²) in [4.78, 5) is 0. The van der Waals surface area contributed by atoms with Crippen LogP contribution in [0, 0.1) is 0 Å². The summed E-state index contributed by atoms with van der Waals surface area (Å²) in [5.74, 6) is 3.07. The number of fused-ring (bicyclic) bond motifs is 8. The Balaban J connectivity index is 1.96. The molecular weight excluding hydrogens is 204 g/mol. The third-order valence-electron chi connectivity index (χ3n) is 4.25. The summed E-state index contributed by atoms with van der Waals surface area (Å²) in [6, 6.07) is 4.02. The highest BCUT2D eigenvalue weighted by Gasteiger charge is 2.63. The zero-order valence-corrected chi connectivity index (χ0v) is 9.40. The third kappa shape index (κ3) is 0.846. The molecule has 16 heavy (non-hydrogen) atoms. The second-order valence-corrected chi connectivity index (χ2v) is 4.81. The lowest BCUT2D eigenvalue weighted by molar-refractivity contribution is 0.294. The van der Waals surface area contributed by atoms with E-state index < -0.39 is 0 Å². The second-order valence-electron chi connectivity index (χ2n) is 4.81. The van der Waals surface area contributed by atoms with Gasteiger partial charge in [0.1, 0.15) is 11.5 Å². The second kappa shape index (κ2) is 2.72. The Bertz CT molecular complexity index is 427. The Morgan fingerprint density at radius 2 is 1.50 bits per heavy atom. The quantitative estimate of drug-likeness (QED) is 0.712. The largest absolute Gasteiger partial charge is 0.496 e. The fraction of sp³-hybridized carbons (Fsp3) is 0.538. The fourth-order valence-corrected chi connectivity index (χ4v) is 3.61. The first kappa shape index (κ1) is 8.88. The van der Waals surface area contributed by atoms with Crippen LogP contribution in [-0.4, -0.2) is 26.4 Å². The molecule has 0 N–H and O–H groups in total. The molecule has 1 saturated carbocycles. The van der Waals surface area contributed by atoms with Gasteiger partial charge in [0.2, 0.25) is 0 Å². The molecule has 0 unspecified atom stereocenters. The number of methoxy groups -OCH3 is 2. The van der Waals surface area contributed by atoms with Crippen LogP contribution in [0.4, 0.5) is 0 Å². The number of hydrogen-bond donors (Lipinski definition) is 0. The molecule has 4 atom stereocenters. The van der Waals surface area contributed by atoms with E-state index in [-0.39, 0.29) is 0 Å². The van der Waals surface area contributed by atoms with Crippen molar-refractivity contribution >= 4 is 0 Å². The topological polar surface area (TPSA) is 31.0 Å². The van der Waals surface area contributed by atoms with Gasteiger partial charge in [-0.1, -0.05) is 0 Å². The molecule has 0 spiro atoms. The lowest BCUT2D eigenvalue weighted by Gasteiger charge is -2.18. The Morgan fingerprint density at radius 3 is 1.94 bits per heavy atom. The van der Waals surface area contributed by atoms with Crippen LogP contribution in [0.5, 0.6) is 11.5 Å². The van der Waals surface area contributed by atoms with Crippen molar-refractivity contribution in [3.05, 3.63) is 23.3 Å². The number of ether oxygens (including phenoxy) is 3. The molecule has 2 bridgehead atoms. The zero-order chi connectivity index (χ0) is 10.9. The molecule has 2 aliphatic carbocycles. The molecule has 1 aliphatic heterocycles. The highest BCUT2D eigenvalue weighted by molar-refractivity contribution is 5.60. The predicted octanol–water partition coefficient (Wildman–Crippen LogP) is 2.06. The van der Waals surface area contributed by atoms with E-state index in [9.17, 15) is 0 Å². The fourth-order valence-electron chi connectivity index (χ4n) is 3.61. The van der Waals surface area contributed by atoms with Crippen LogP contribution in [0.1, 0.15) is 29.4 Å². The van der Waals surface area contributed by atoms with Gasteiger partial charge >= 0.3 is 0 Å². The number of rotatable bonds is 2. The van der Waals surface area contributed by atoms with E-state index in [1.807, 2.05) is 12.1 Å². The molecule has 2 fully saturated rings. The smallest absolute Gasteiger partial charge is 0.122 e. The molecule has 3 nitrogen and oxygen atoms in total. The van der Waals surface area contributed by atoms with Crippen molar-refractivity contribution in [3.8, 4) is 11.5 Å².